The van der Waals surface area contributed by atoms with Crippen molar-refractivity contribution in [1.82, 2.24) is 0 Å². The number of benzene rings is 1. The van der Waals surface area contributed by atoms with Crippen LogP contribution in [0.1, 0.15) is 11.5 Å². The van der Waals surface area contributed by atoms with Crippen molar-refractivity contribution < 1.29 is 9.21 Å². The first-order valence-electron chi connectivity index (χ1n) is 6.14. The third kappa shape index (κ3) is 2.90. The summed E-state index contributed by atoms with van der Waals surface area (Å²) in [5.41, 5.74) is 0.709. The predicted octanol–water partition coefficient (Wildman–Crippen LogP) is 4.65. The van der Waals surface area contributed by atoms with Crippen LogP contribution in [0.15, 0.2) is 45.7 Å². The van der Waals surface area contributed by atoms with Crippen molar-refractivity contribution in [1.29, 1.82) is 0 Å². The van der Waals surface area contributed by atoms with E-state index in [9.17, 15) is 4.79 Å². The van der Waals surface area contributed by atoms with Crippen molar-refractivity contribution in [3.05, 3.63) is 57.8 Å². The van der Waals surface area contributed by atoms with Gasteiger partial charge in [-0.25, -0.2) is 0 Å². The van der Waals surface area contributed by atoms with Gasteiger partial charge in [-0.1, -0.05) is 35.6 Å². The molecular formula is C15H10ClNO2S2. The maximum Gasteiger partial charge on any atom is 0.270 e. The van der Waals surface area contributed by atoms with Crippen LogP contribution in [0.3, 0.4) is 0 Å². The van der Waals surface area contributed by atoms with E-state index in [4.69, 9.17) is 28.2 Å². The number of furan rings is 1. The van der Waals surface area contributed by atoms with Gasteiger partial charge in [0.1, 0.15) is 11.5 Å². The second-order valence-corrected chi connectivity index (χ2v) is 6.55. The first kappa shape index (κ1) is 14.4. The number of amides is 1. The first-order chi connectivity index (χ1) is 10.0. The number of carbonyl (C=O) groups excluding carboxylic acids is 1. The number of halogens is 1. The van der Waals surface area contributed by atoms with Crippen molar-refractivity contribution in [2.24, 2.45) is 0 Å². The molecule has 1 aliphatic rings. The molecule has 0 N–H and O–H groups in total. The molecule has 1 aromatic carbocycles. The number of aryl methyl sites for hydroxylation is 1. The van der Waals surface area contributed by atoms with E-state index in [1.54, 1.807) is 30.3 Å². The smallest absolute Gasteiger partial charge is 0.270 e. The lowest BCUT2D eigenvalue weighted by molar-refractivity contribution is -0.113. The summed E-state index contributed by atoms with van der Waals surface area (Å²) in [5.74, 6) is 1.29. The van der Waals surface area contributed by atoms with Crippen LogP contribution in [-0.4, -0.2) is 10.2 Å². The van der Waals surface area contributed by atoms with Crippen molar-refractivity contribution in [2.45, 2.75) is 6.92 Å². The Labute approximate surface area is 136 Å². The summed E-state index contributed by atoms with van der Waals surface area (Å²) in [6, 6.07) is 10.7. The molecule has 1 aliphatic heterocycles. The molecule has 1 amide bonds. The molecular weight excluding hydrogens is 326 g/mol. The highest BCUT2D eigenvalue weighted by Crippen LogP contribution is 2.36. The maximum absolute atomic E-state index is 12.5. The van der Waals surface area contributed by atoms with Gasteiger partial charge in [-0.15, -0.1) is 0 Å². The van der Waals surface area contributed by atoms with E-state index in [1.807, 2.05) is 19.1 Å². The molecule has 0 aliphatic carbocycles. The van der Waals surface area contributed by atoms with E-state index >= 15 is 0 Å². The minimum Gasteiger partial charge on any atom is -0.462 e. The number of nitrogens with zero attached hydrogens (tertiary/aromatic N) is 1. The summed E-state index contributed by atoms with van der Waals surface area (Å²) in [6.07, 6.45) is 1.71. The standard InChI is InChI=1S/C15H10ClNO2S2/c1-9-2-7-12(19-9)8-13-14(18)17(15(20)21-13)11-5-3-10(16)4-6-11/h2-8H,1H3/b13-8-. The Bertz CT molecular complexity index is 749. The zero-order chi connectivity index (χ0) is 15.0. The second kappa shape index (κ2) is 5.67. The quantitative estimate of drug-likeness (QED) is 0.591. The summed E-state index contributed by atoms with van der Waals surface area (Å²) < 4.78 is 5.96. The van der Waals surface area contributed by atoms with Crippen LogP contribution in [0, 0.1) is 6.92 Å². The number of hydrogen-bond donors (Lipinski definition) is 0. The second-order valence-electron chi connectivity index (χ2n) is 4.44. The molecule has 21 heavy (non-hydrogen) atoms. The first-order valence-corrected chi connectivity index (χ1v) is 7.75. The molecule has 1 aromatic heterocycles. The minimum atomic E-state index is -0.152. The molecule has 0 bridgehead atoms. The van der Waals surface area contributed by atoms with E-state index in [2.05, 4.69) is 0 Å². The van der Waals surface area contributed by atoms with Gasteiger partial charge in [-0.05, 0) is 43.3 Å². The maximum atomic E-state index is 12.5. The van der Waals surface area contributed by atoms with Gasteiger partial charge in [-0.2, -0.15) is 0 Å². The number of thioether (sulfide) groups is 1. The molecule has 0 spiro atoms. The number of hydrogen-bond acceptors (Lipinski definition) is 4. The van der Waals surface area contributed by atoms with Gasteiger partial charge in [0.15, 0.2) is 4.32 Å². The lowest BCUT2D eigenvalue weighted by atomic mass is 10.3. The van der Waals surface area contributed by atoms with Crippen LogP contribution in [0.5, 0.6) is 0 Å². The normalized spacial score (nSPS) is 17.0. The predicted molar refractivity (Wildman–Crippen MR) is 90.5 cm³/mol. The molecule has 0 atom stereocenters. The fourth-order valence-corrected chi connectivity index (χ4v) is 3.35. The summed E-state index contributed by atoms with van der Waals surface area (Å²) in [7, 11) is 0. The molecule has 2 aromatic rings. The van der Waals surface area contributed by atoms with Crippen LogP contribution in [0.25, 0.3) is 6.08 Å². The van der Waals surface area contributed by atoms with Gasteiger partial charge in [0.25, 0.3) is 5.91 Å². The van der Waals surface area contributed by atoms with Crippen molar-refractivity contribution >= 4 is 57.6 Å². The average Bonchev–Trinajstić information content (AvgIpc) is 2.96. The molecule has 1 fully saturated rings. The molecule has 3 nitrogen and oxygen atoms in total. The van der Waals surface area contributed by atoms with E-state index in [1.165, 1.54) is 16.7 Å². The Kier molecular flexibility index (Phi) is 3.89. The Morgan fingerprint density at radius 3 is 2.57 bits per heavy atom. The Hall–Kier alpha value is -1.56. The largest absolute Gasteiger partial charge is 0.462 e. The van der Waals surface area contributed by atoms with E-state index in [0.29, 0.717) is 25.7 Å². The van der Waals surface area contributed by atoms with Gasteiger partial charge in [0.2, 0.25) is 0 Å². The van der Waals surface area contributed by atoms with Crippen molar-refractivity contribution in [2.75, 3.05) is 4.90 Å². The molecule has 0 saturated carbocycles. The fraction of sp³-hybridized carbons (Fsp3) is 0.0667. The molecule has 3 rings (SSSR count). The lowest BCUT2D eigenvalue weighted by Crippen LogP contribution is -2.27. The monoisotopic (exact) mass is 335 g/mol. The highest BCUT2D eigenvalue weighted by atomic mass is 35.5. The van der Waals surface area contributed by atoms with Crippen molar-refractivity contribution in [3.8, 4) is 0 Å². The minimum absolute atomic E-state index is 0.152. The van der Waals surface area contributed by atoms with Crippen molar-refractivity contribution in [3.63, 3.8) is 0 Å². The number of anilines is 1. The summed E-state index contributed by atoms with van der Waals surface area (Å²) in [6.45, 7) is 1.86. The van der Waals surface area contributed by atoms with Gasteiger partial charge in [-0.3, -0.25) is 9.69 Å². The number of thiocarbonyl (C=S) groups is 1. The topological polar surface area (TPSA) is 33.5 Å². The highest BCUT2D eigenvalue weighted by Gasteiger charge is 2.33. The van der Waals surface area contributed by atoms with E-state index in [0.717, 1.165) is 5.76 Å². The number of rotatable bonds is 2. The Balaban J connectivity index is 1.92. The Morgan fingerprint density at radius 2 is 1.95 bits per heavy atom. The summed E-state index contributed by atoms with van der Waals surface area (Å²) in [4.78, 5) is 14.5. The van der Waals surface area contributed by atoms with Gasteiger partial charge in [0.05, 0.1) is 10.6 Å². The van der Waals surface area contributed by atoms with Crippen LogP contribution in [-0.2, 0) is 4.79 Å². The highest BCUT2D eigenvalue weighted by molar-refractivity contribution is 8.27. The van der Waals surface area contributed by atoms with E-state index < -0.39 is 0 Å². The SMILES string of the molecule is Cc1ccc(/C=C2\SC(=S)N(c3ccc(Cl)cc3)C2=O)o1. The van der Waals surface area contributed by atoms with E-state index in [-0.39, 0.29) is 5.91 Å². The van der Waals surface area contributed by atoms with Gasteiger partial charge < -0.3 is 4.42 Å². The molecule has 6 heteroatoms. The van der Waals surface area contributed by atoms with Gasteiger partial charge >= 0.3 is 0 Å². The third-order valence-corrected chi connectivity index (χ3v) is 4.47. The summed E-state index contributed by atoms with van der Waals surface area (Å²) in [5, 5.41) is 0.616. The molecule has 1 saturated heterocycles. The lowest BCUT2D eigenvalue weighted by Gasteiger charge is -2.14. The molecule has 0 unspecified atom stereocenters. The van der Waals surface area contributed by atoms with Gasteiger partial charge in [0, 0.05) is 11.1 Å². The third-order valence-electron chi connectivity index (χ3n) is 2.91. The van der Waals surface area contributed by atoms with Crippen LogP contribution in [0.2, 0.25) is 5.02 Å². The average molecular weight is 336 g/mol. The Morgan fingerprint density at radius 1 is 1.24 bits per heavy atom. The van der Waals surface area contributed by atoms with Crippen LogP contribution in [0.4, 0.5) is 5.69 Å². The zero-order valence-electron chi connectivity index (χ0n) is 11.0. The number of carbonyl (C=O) groups is 1. The fourth-order valence-electron chi connectivity index (χ4n) is 1.94. The zero-order valence-corrected chi connectivity index (χ0v) is 13.4. The molecule has 0 radical (unpaired) electrons. The summed E-state index contributed by atoms with van der Waals surface area (Å²) >= 11 is 12.4. The molecule has 2 heterocycles. The van der Waals surface area contributed by atoms with Crippen LogP contribution >= 0.6 is 35.6 Å². The van der Waals surface area contributed by atoms with Crippen LogP contribution < -0.4 is 4.90 Å². The molecule has 106 valence electrons.